The highest BCUT2D eigenvalue weighted by molar-refractivity contribution is 5.44. The van der Waals surface area contributed by atoms with Crippen LogP contribution in [0.3, 0.4) is 0 Å². The largest absolute Gasteiger partial charge is 0.473 e. The molecule has 0 saturated carbocycles. The summed E-state index contributed by atoms with van der Waals surface area (Å²) < 4.78 is 5.41. The van der Waals surface area contributed by atoms with E-state index in [1.165, 1.54) is 6.33 Å². The second kappa shape index (κ2) is 4.64. The molecule has 0 radical (unpaired) electrons. The van der Waals surface area contributed by atoms with Gasteiger partial charge in [0.2, 0.25) is 5.88 Å². The molecule has 0 saturated heterocycles. The van der Waals surface area contributed by atoms with Gasteiger partial charge in [0.15, 0.2) is 5.69 Å². The molecular formula is C9H15N3O2. The topological polar surface area (TPSA) is 81.0 Å². The van der Waals surface area contributed by atoms with Crippen LogP contribution in [-0.2, 0) is 0 Å². The van der Waals surface area contributed by atoms with E-state index in [1.54, 1.807) is 0 Å². The van der Waals surface area contributed by atoms with Gasteiger partial charge in [-0.2, -0.15) is 0 Å². The molecule has 0 amide bonds. The number of nitrogens with one attached hydrogen (secondary N) is 1. The Labute approximate surface area is 82.3 Å². The van der Waals surface area contributed by atoms with Crippen LogP contribution in [0.1, 0.15) is 26.7 Å². The average Bonchev–Trinajstić information content (AvgIpc) is 2.13. The molecule has 1 aromatic heterocycles. The van der Waals surface area contributed by atoms with Gasteiger partial charge in [0.1, 0.15) is 0 Å². The first-order valence-corrected chi connectivity index (χ1v) is 4.65. The Balaban J connectivity index is 2.76. The van der Waals surface area contributed by atoms with Gasteiger partial charge in [-0.05, 0) is 13.3 Å². The Kier molecular flexibility index (Phi) is 3.50. The number of hydrogen-bond donors (Lipinski definition) is 2. The zero-order valence-corrected chi connectivity index (χ0v) is 8.41. The van der Waals surface area contributed by atoms with Crippen molar-refractivity contribution in [3.63, 3.8) is 0 Å². The Morgan fingerprint density at radius 3 is 3.07 bits per heavy atom. The molecule has 5 heteroatoms. The van der Waals surface area contributed by atoms with Crippen LogP contribution < -0.4 is 16.0 Å². The van der Waals surface area contributed by atoms with E-state index in [2.05, 4.69) is 16.9 Å². The highest BCUT2D eigenvalue weighted by Gasteiger charge is 2.09. The summed E-state index contributed by atoms with van der Waals surface area (Å²) in [6.45, 7) is 3.99. The fourth-order valence-electron chi connectivity index (χ4n) is 1.14. The summed E-state index contributed by atoms with van der Waals surface area (Å²) in [5, 5.41) is 0. The lowest BCUT2D eigenvalue weighted by molar-refractivity contribution is 0.202. The Hall–Kier alpha value is -1.52. The van der Waals surface area contributed by atoms with E-state index in [0.717, 1.165) is 12.8 Å². The number of nitrogen functional groups attached to an aromatic ring is 1. The van der Waals surface area contributed by atoms with Crippen LogP contribution >= 0.6 is 0 Å². The molecule has 0 bridgehead atoms. The Morgan fingerprint density at radius 2 is 2.43 bits per heavy atom. The number of anilines is 1. The third-order valence-electron chi connectivity index (χ3n) is 1.86. The fourth-order valence-corrected chi connectivity index (χ4v) is 1.14. The molecule has 14 heavy (non-hydrogen) atoms. The van der Waals surface area contributed by atoms with Gasteiger partial charge in [-0.15, -0.1) is 0 Å². The van der Waals surface area contributed by atoms with Gasteiger partial charge in [-0.3, -0.25) is 4.79 Å². The summed E-state index contributed by atoms with van der Waals surface area (Å²) in [6.07, 6.45) is 3.24. The van der Waals surface area contributed by atoms with Crippen LogP contribution in [0.25, 0.3) is 0 Å². The van der Waals surface area contributed by atoms with Crippen molar-refractivity contribution < 1.29 is 4.74 Å². The average molecular weight is 197 g/mol. The van der Waals surface area contributed by atoms with Gasteiger partial charge in [0.25, 0.3) is 5.56 Å². The van der Waals surface area contributed by atoms with Crippen molar-refractivity contribution in [1.82, 2.24) is 9.97 Å². The van der Waals surface area contributed by atoms with Gasteiger partial charge in [-0.1, -0.05) is 13.3 Å². The molecule has 0 aliphatic heterocycles. The maximum Gasteiger partial charge on any atom is 0.277 e. The quantitative estimate of drug-likeness (QED) is 0.752. The van der Waals surface area contributed by atoms with Crippen molar-refractivity contribution >= 4 is 5.69 Å². The maximum atomic E-state index is 11.1. The van der Waals surface area contributed by atoms with E-state index in [1.807, 2.05) is 6.92 Å². The molecule has 1 atom stereocenters. The van der Waals surface area contributed by atoms with E-state index < -0.39 is 0 Å². The van der Waals surface area contributed by atoms with Crippen molar-refractivity contribution in [2.75, 3.05) is 5.73 Å². The van der Waals surface area contributed by atoms with Crippen molar-refractivity contribution in [2.24, 2.45) is 0 Å². The van der Waals surface area contributed by atoms with Crippen LogP contribution in [0.5, 0.6) is 5.88 Å². The first-order chi connectivity index (χ1) is 6.65. The molecule has 0 fully saturated rings. The zero-order valence-electron chi connectivity index (χ0n) is 8.41. The third kappa shape index (κ3) is 2.48. The molecule has 0 aliphatic carbocycles. The van der Waals surface area contributed by atoms with E-state index >= 15 is 0 Å². The van der Waals surface area contributed by atoms with E-state index in [9.17, 15) is 4.79 Å². The number of aromatic amines is 1. The molecule has 1 heterocycles. The number of nitrogens with two attached hydrogens (primary N) is 1. The van der Waals surface area contributed by atoms with E-state index in [0.29, 0.717) is 0 Å². The highest BCUT2D eigenvalue weighted by atomic mass is 16.5. The lowest BCUT2D eigenvalue weighted by Gasteiger charge is -2.13. The molecule has 5 nitrogen and oxygen atoms in total. The minimum absolute atomic E-state index is 0.0246. The predicted octanol–water partition coefficient (Wildman–Crippen LogP) is 0.919. The van der Waals surface area contributed by atoms with Gasteiger partial charge >= 0.3 is 0 Å². The van der Waals surface area contributed by atoms with Gasteiger partial charge < -0.3 is 15.5 Å². The molecule has 0 spiro atoms. The Morgan fingerprint density at radius 1 is 1.71 bits per heavy atom. The molecular weight excluding hydrogens is 182 g/mol. The monoisotopic (exact) mass is 197 g/mol. The summed E-state index contributed by atoms with van der Waals surface area (Å²) in [5.74, 6) is 0.217. The summed E-state index contributed by atoms with van der Waals surface area (Å²) in [4.78, 5) is 17.3. The predicted molar refractivity (Wildman–Crippen MR) is 54.3 cm³/mol. The summed E-state index contributed by atoms with van der Waals surface area (Å²) in [5.41, 5.74) is 5.17. The molecule has 1 rings (SSSR count). The number of nitrogens with zero attached hydrogens (tertiary/aromatic N) is 1. The first-order valence-electron chi connectivity index (χ1n) is 4.65. The number of ether oxygens (including phenoxy) is 1. The SMILES string of the molecule is CCCC(C)Oc1nc[nH]c(=O)c1N. The summed E-state index contributed by atoms with van der Waals surface area (Å²) in [7, 11) is 0. The number of H-pyrrole nitrogens is 1. The van der Waals surface area contributed by atoms with E-state index in [-0.39, 0.29) is 23.2 Å². The van der Waals surface area contributed by atoms with E-state index in [4.69, 9.17) is 10.5 Å². The summed E-state index contributed by atoms with van der Waals surface area (Å²) >= 11 is 0. The van der Waals surface area contributed by atoms with Crippen molar-refractivity contribution in [3.8, 4) is 5.88 Å². The first kappa shape index (κ1) is 10.6. The zero-order chi connectivity index (χ0) is 10.6. The van der Waals surface area contributed by atoms with Gasteiger partial charge in [-0.25, -0.2) is 4.98 Å². The number of hydrogen-bond acceptors (Lipinski definition) is 4. The number of aromatic nitrogens is 2. The number of rotatable bonds is 4. The van der Waals surface area contributed by atoms with Gasteiger partial charge in [0.05, 0.1) is 12.4 Å². The fraction of sp³-hybridized carbons (Fsp3) is 0.556. The molecule has 78 valence electrons. The molecule has 0 aromatic carbocycles. The van der Waals surface area contributed by atoms with Crippen molar-refractivity contribution in [2.45, 2.75) is 32.8 Å². The highest BCUT2D eigenvalue weighted by Crippen LogP contribution is 2.14. The lowest BCUT2D eigenvalue weighted by Crippen LogP contribution is -2.18. The maximum absolute atomic E-state index is 11.1. The normalized spacial score (nSPS) is 12.4. The third-order valence-corrected chi connectivity index (χ3v) is 1.86. The summed E-state index contributed by atoms with van der Waals surface area (Å²) in [6, 6.07) is 0. The van der Waals surface area contributed by atoms with Crippen LogP contribution in [0.4, 0.5) is 5.69 Å². The van der Waals surface area contributed by atoms with Crippen LogP contribution in [0.2, 0.25) is 0 Å². The molecule has 0 aliphatic rings. The van der Waals surface area contributed by atoms with Crippen molar-refractivity contribution in [1.29, 1.82) is 0 Å². The van der Waals surface area contributed by atoms with Crippen molar-refractivity contribution in [3.05, 3.63) is 16.7 Å². The molecule has 1 unspecified atom stereocenters. The molecule has 1 aromatic rings. The second-order valence-corrected chi connectivity index (χ2v) is 3.17. The minimum Gasteiger partial charge on any atom is -0.473 e. The molecule has 3 N–H and O–H groups in total. The van der Waals surface area contributed by atoms with Crippen LogP contribution in [0, 0.1) is 0 Å². The van der Waals surface area contributed by atoms with Crippen LogP contribution in [-0.4, -0.2) is 16.1 Å². The standard InChI is InChI=1S/C9H15N3O2/c1-3-4-6(2)14-9-7(10)8(13)11-5-12-9/h5-6H,3-4,10H2,1-2H3,(H,11,12,13). The Bertz CT molecular complexity index is 348. The smallest absolute Gasteiger partial charge is 0.277 e. The second-order valence-electron chi connectivity index (χ2n) is 3.17. The van der Waals surface area contributed by atoms with Gasteiger partial charge in [0, 0.05) is 0 Å². The minimum atomic E-state index is -0.362. The van der Waals surface area contributed by atoms with Crippen LogP contribution in [0.15, 0.2) is 11.1 Å². The lowest BCUT2D eigenvalue weighted by atomic mass is 10.2.